The zero-order valence-electron chi connectivity index (χ0n) is 35.9. The van der Waals surface area contributed by atoms with Crippen LogP contribution in [0.1, 0.15) is 110 Å². The topological polar surface area (TPSA) is 0 Å². The average Bonchev–Trinajstić information content (AvgIpc) is 3.75. The number of hydrogen-bond donors (Lipinski definition) is 0. The van der Waals surface area contributed by atoms with Crippen LogP contribution in [0.15, 0.2) is 130 Å². The summed E-state index contributed by atoms with van der Waals surface area (Å²) in [7, 11) is 0. The molecule has 8 rings (SSSR count). The standard InChI is InChI=1S/C33H33.C13H19.C6H5.CH3.CH2.2ClH.Zr/c1-32(2,3)30-20-26-24(18-28(30)22-13-9-7-10-14-22)17-25-19-29(23-15-11-8-12-16-23)31(21-27(25)26)33(4,5)6;1-11-6-7-12(10-11)13(2)8-4-3-5-9-13;1-2-4-6-5-3-1;;;;;/h7-16,18,20-21H,17H2,1-6H3;7,10-11H,3-5,8-9H2,1-2H3;1-5H;1H3;1H2;2*1H;. The first-order chi connectivity index (χ1) is 26.0. The molecule has 1 atom stereocenters. The Kier molecular flexibility index (Phi) is 11.8. The van der Waals surface area contributed by atoms with Gasteiger partial charge in [-0.05, 0) is 0 Å². The summed E-state index contributed by atoms with van der Waals surface area (Å²) in [5.74, 6) is 0.334. The Labute approximate surface area is 357 Å². The summed E-state index contributed by atoms with van der Waals surface area (Å²) in [6, 6.07) is 41.9. The van der Waals surface area contributed by atoms with Crippen molar-refractivity contribution in [2.45, 2.75) is 109 Å². The first kappa shape index (κ1) is 43.5. The molecule has 3 aliphatic rings. The van der Waals surface area contributed by atoms with E-state index in [4.69, 9.17) is 4.21 Å². The molecule has 1 fully saturated rings. The Morgan fingerprint density at radius 1 is 0.649 bits per heavy atom. The summed E-state index contributed by atoms with van der Waals surface area (Å²) in [6.07, 6.45) is 12.9. The molecule has 5 aromatic carbocycles. The number of allylic oxidation sites excluding steroid dienone is 4. The molecule has 0 bridgehead atoms. The second-order valence-electron chi connectivity index (χ2n) is 20.2. The third-order valence-electron chi connectivity index (χ3n) is 14.0. The van der Waals surface area contributed by atoms with Crippen LogP contribution in [0, 0.1) is 11.3 Å². The van der Waals surface area contributed by atoms with E-state index in [2.05, 4.69) is 181 Å². The molecule has 3 aliphatic carbocycles. The fourth-order valence-electron chi connectivity index (χ4n) is 11.0. The Morgan fingerprint density at radius 2 is 1.18 bits per heavy atom. The summed E-state index contributed by atoms with van der Waals surface area (Å²) in [6.45, 7) is 19.4. The molecular formula is C54H64Cl2Zr. The van der Waals surface area contributed by atoms with E-state index in [9.17, 15) is 0 Å². The Balaban J connectivity index is 0.00000275. The van der Waals surface area contributed by atoms with Gasteiger partial charge in [-0.2, -0.15) is 0 Å². The van der Waals surface area contributed by atoms with E-state index >= 15 is 0 Å². The molecule has 3 heteroatoms. The molecule has 0 saturated heterocycles. The van der Waals surface area contributed by atoms with Gasteiger partial charge in [0.15, 0.2) is 0 Å². The van der Waals surface area contributed by atoms with Crippen LogP contribution in [-0.2, 0) is 35.5 Å². The predicted molar refractivity (Wildman–Crippen MR) is 253 cm³/mol. The Morgan fingerprint density at radius 3 is 1.74 bits per heavy atom. The summed E-state index contributed by atoms with van der Waals surface area (Å²) >= 11 is -4.78. The van der Waals surface area contributed by atoms with Gasteiger partial charge in [-0.1, -0.05) is 0 Å². The van der Waals surface area contributed by atoms with Crippen molar-refractivity contribution in [3.63, 3.8) is 0 Å². The molecule has 0 nitrogen and oxygen atoms in total. The molecule has 0 spiro atoms. The van der Waals surface area contributed by atoms with Crippen LogP contribution in [0.4, 0.5) is 0 Å². The van der Waals surface area contributed by atoms with Crippen LogP contribution in [0.5, 0.6) is 0 Å². The molecule has 5 aromatic rings. The van der Waals surface area contributed by atoms with Crippen molar-refractivity contribution in [1.29, 1.82) is 0 Å². The van der Waals surface area contributed by atoms with Crippen LogP contribution in [-0.4, -0.2) is 4.21 Å². The van der Waals surface area contributed by atoms with Crippen molar-refractivity contribution in [3.8, 4) is 33.4 Å². The van der Waals surface area contributed by atoms with Crippen LogP contribution in [0.3, 0.4) is 0 Å². The Bertz CT molecular complexity index is 2410. The molecule has 0 N–H and O–H groups in total. The minimum atomic E-state index is -4.78. The van der Waals surface area contributed by atoms with Crippen LogP contribution in [0.2, 0.25) is 4.63 Å². The van der Waals surface area contributed by atoms with Crippen LogP contribution >= 0.6 is 24.8 Å². The zero-order valence-corrected chi connectivity index (χ0v) is 40.0. The third kappa shape index (κ3) is 7.32. The molecule has 0 aromatic heterocycles. The Hall–Kier alpha value is -3.09. The van der Waals surface area contributed by atoms with E-state index in [1.54, 1.807) is 12.1 Å². The normalized spacial score (nSPS) is 17.8. The van der Waals surface area contributed by atoms with Crippen molar-refractivity contribution in [2.75, 3.05) is 0 Å². The molecule has 1 saturated carbocycles. The molecule has 57 heavy (non-hydrogen) atoms. The number of benzene rings is 5. The maximum atomic E-state index is 5.86. The zero-order chi connectivity index (χ0) is 39.0. The monoisotopic (exact) mass is 872 g/mol. The maximum absolute atomic E-state index is 5.86. The van der Waals surface area contributed by atoms with Crippen LogP contribution in [0.25, 0.3) is 33.4 Å². The first-order valence-electron chi connectivity index (χ1n) is 21.0. The quantitative estimate of drug-likeness (QED) is 0.156. The first-order valence-corrected chi connectivity index (χ1v) is 28.9. The fourth-order valence-corrected chi connectivity index (χ4v) is 25.4. The molecule has 0 aliphatic heterocycles. The minimum absolute atomic E-state index is 0. The van der Waals surface area contributed by atoms with Crippen molar-refractivity contribution in [3.05, 3.63) is 152 Å². The predicted octanol–water partition coefficient (Wildman–Crippen LogP) is 14.6. The van der Waals surface area contributed by atoms with Gasteiger partial charge in [0.25, 0.3) is 0 Å². The third-order valence-corrected chi connectivity index (χ3v) is 28.7. The van der Waals surface area contributed by atoms with Crippen molar-refractivity contribution < 1.29 is 18.3 Å². The summed E-state index contributed by atoms with van der Waals surface area (Å²) in [4.78, 5) is 0. The van der Waals surface area contributed by atoms with E-state index < -0.39 is 18.3 Å². The van der Waals surface area contributed by atoms with Crippen molar-refractivity contribution in [2.24, 2.45) is 11.3 Å². The number of fused-ring (bicyclic) bond motifs is 3. The molecular weight excluding hydrogens is 811 g/mol. The molecule has 0 amide bonds. The van der Waals surface area contributed by atoms with Gasteiger partial charge in [0.2, 0.25) is 0 Å². The molecule has 298 valence electrons. The summed E-state index contributed by atoms with van der Waals surface area (Å²) in [5.41, 5.74) is 15.8. The van der Waals surface area contributed by atoms with E-state index in [-0.39, 0.29) is 41.1 Å². The van der Waals surface area contributed by atoms with Gasteiger partial charge in [-0.15, -0.1) is 24.8 Å². The fraction of sp³-hybridized carbons (Fsp3) is 0.352. The van der Waals surface area contributed by atoms with E-state index in [1.807, 2.05) is 0 Å². The number of halogens is 2. The van der Waals surface area contributed by atoms with Crippen molar-refractivity contribution in [1.82, 2.24) is 0 Å². The molecule has 0 heterocycles. The van der Waals surface area contributed by atoms with E-state index in [0.29, 0.717) is 5.92 Å². The van der Waals surface area contributed by atoms with Gasteiger partial charge in [0, 0.05) is 0 Å². The van der Waals surface area contributed by atoms with Gasteiger partial charge in [-0.25, -0.2) is 0 Å². The van der Waals surface area contributed by atoms with Gasteiger partial charge in [-0.3, -0.25) is 0 Å². The number of hydrogen-bond acceptors (Lipinski definition) is 0. The summed E-state index contributed by atoms with van der Waals surface area (Å²) < 4.78 is 13.2. The second-order valence-corrected chi connectivity index (χ2v) is 34.1. The molecule has 0 radical (unpaired) electrons. The van der Waals surface area contributed by atoms with E-state index in [0.717, 1.165) is 6.42 Å². The van der Waals surface area contributed by atoms with Gasteiger partial charge >= 0.3 is 336 Å². The van der Waals surface area contributed by atoms with Gasteiger partial charge in [0.1, 0.15) is 0 Å². The average molecular weight is 875 g/mol. The van der Waals surface area contributed by atoms with Gasteiger partial charge in [0.05, 0.1) is 0 Å². The summed E-state index contributed by atoms with van der Waals surface area (Å²) in [5, 5.41) is 0. The van der Waals surface area contributed by atoms with Crippen LogP contribution < -0.4 is 6.54 Å². The SMILES string of the molecule is Cl.Cl.[CH2]=[Zr]([CH3])([C]1=CC(C2(C)CCCCC2)=CC1C)([c]1ccccc1)[c]1c2c(cc(C(C)(C)C)c1-c1ccccc1)-c1cc(C(C)(C)C)c(-c3ccccc3)cc1C2. The number of rotatable bonds is 6. The van der Waals surface area contributed by atoms with E-state index in [1.165, 1.54) is 91.0 Å². The second kappa shape index (κ2) is 15.5. The van der Waals surface area contributed by atoms with Gasteiger partial charge < -0.3 is 0 Å². The molecule has 1 unspecified atom stereocenters. The van der Waals surface area contributed by atoms with Crippen molar-refractivity contribution >= 4 is 35.6 Å².